The van der Waals surface area contributed by atoms with Gasteiger partial charge >= 0.3 is 0 Å². The molecule has 0 unspecified atom stereocenters. The van der Waals surface area contributed by atoms with Crippen LogP contribution in [0.3, 0.4) is 0 Å². The lowest BCUT2D eigenvalue weighted by Crippen LogP contribution is -2.09. The second-order valence-corrected chi connectivity index (χ2v) is 7.80. The van der Waals surface area contributed by atoms with Crippen molar-refractivity contribution in [2.45, 2.75) is 0 Å². The molecule has 2 nitrogen and oxygen atoms in total. The molecule has 142 valence electrons. The van der Waals surface area contributed by atoms with Crippen LogP contribution in [0.2, 0.25) is 0 Å². The molecular formula is C27H24N2. The van der Waals surface area contributed by atoms with E-state index in [2.05, 4.69) is 122 Å². The molecule has 1 heterocycles. The van der Waals surface area contributed by atoms with Gasteiger partial charge in [-0.2, -0.15) is 0 Å². The van der Waals surface area contributed by atoms with Crippen LogP contribution in [0.25, 0.3) is 44.1 Å². The predicted molar refractivity (Wildman–Crippen MR) is 126 cm³/mol. The highest BCUT2D eigenvalue weighted by Crippen LogP contribution is 2.35. The van der Waals surface area contributed by atoms with Gasteiger partial charge in [-0.15, -0.1) is 0 Å². The minimum Gasteiger partial charge on any atom is -0.377 e. The minimum atomic E-state index is 1.23. The summed E-state index contributed by atoms with van der Waals surface area (Å²) in [4.78, 5) is 2.17. The van der Waals surface area contributed by atoms with Crippen molar-refractivity contribution in [2.24, 2.45) is 7.05 Å². The molecule has 1 aromatic heterocycles. The summed E-state index contributed by atoms with van der Waals surface area (Å²) in [5.41, 5.74) is 8.76. The van der Waals surface area contributed by atoms with Gasteiger partial charge in [-0.05, 0) is 47.0 Å². The van der Waals surface area contributed by atoms with Gasteiger partial charge in [-0.25, -0.2) is 0 Å². The number of fused-ring (bicyclic) bond motifs is 3. The number of anilines is 1. The van der Waals surface area contributed by atoms with Crippen LogP contribution in [0.1, 0.15) is 0 Å². The molecule has 0 saturated carbocycles. The van der Waals surface area contributed by atoms with E-state index in [1.54, 1.807) is 0 Å². The Kier molecular flexibility index (Phi) is 4.13. The summed E-state index contributed by atoms with van der Waals surface area (Å²) in [5.74, 6) is 0. The van der Waals surface area contributed by atoms with Crippen molar-refractivity contribution in [3.63, 3.8) is 0 Å². The van der Waals surface area contributed by atoms with E-state index in [4.69, 9.17) is 0 Å². The van der Waals surface area contributed by atoms with Crippen molar-refractivity contribution in [3.05, 3.63) is 91.0 Å². The highest BCUT2D eigenvalue weighted by atomic mass is 15.1. The van der Waals surface area contributed by atoms with E-state index in [0.29, 0.717) is 0 Å². The average molecular weight is 377 g/mol. The molecule has 0 amide bonds. The van der Waals surface area contributed by atoms with Gasteiger partial charge in [0.2, 0.25) is 0 Å². The van der Waals surface area contributed by atoms with Gasteiger partial charge in [0, 0.05) is 54.2 Å². The van der Waals surface area contributed by atoms with E-state index in [-0.39, 0.29) is 0 Å². The van der Waals surface area contributed by atoms with Crippen LogP contribution in [-0.4, -0.2) is 18.7 Å². The van der Waals surface area contributed by atoms with E-state index in [1.807, 2.05) is 0 Å². The molecule has 0 aliphatic carbocycles. The third-order valence-corrected chi connectivity index (χ3v) is 5.81. The maximum absolute atomic E-state index is 2.33. The smallest absolute Gasteiger partial charge is 0.0489 e. The maximum atomic E-state index is 2.33. The molecular weight excluding hydrogens is 352 g/mol. The van der Waals surface area contributed by atoms with Gasteiger partial charge in [0.25, 0.3) is 0 Å². The van der Waals surface area contributed by atoms with E-state index in [0.717, 1.165) is 0 Å². The molecule has 0 spiro atoms. The van der Waals surface area contributed by atoms with Crippen LogP contribution in [0.5, 0.6) is 0 Å². The highest BCUT2D eigenvalue weighted by Gasteiger charge is 2.11. The second-order valence-electron chi connectivity index (χ2n) is 7.80. The van der Waals surface area contributed by atoms with Crippen LogP contribution in [0, 0.1) is 0 Å². The lowest BCUT2D eigenvalue weighted by molar-refractivity contribution is 1.01. The molecule has 4 aromatic carbocycles. The number of hydrogen-bond donors (Lipinski definition) is 0. The Morgan fingerprint density at radius 2 is 1.28 bits per heavy atom. The third-order valence-electron chi connectivity index (χ3n) is 5.81. The highest BCUT2D eigenvalue weighted by molar-refractivity contribution is 6.09. The maximum Gasteiger partial charge on any atom is 0.0489 e. The zero-order chi connectivity index (χ0) is 20.0. The second kappa shape index (κ2) is 6.82. The van der Waals surface area contributed by atoms with Crippen molar-refractivity contribution in [1.82, 2.24) is 4.57 Å². The first kappa shape index (κ1) is 17.6. The summed E-state index contributed by atoms with van der Waals surface area (Å²) in [7, 11) is 6.33. The predicted octanol–water partition coefficient (Wildman–Crippen LogP) is 6.73. The Bertz CT molecular complexity index is 1340. The summed E-state index contributed by atoms with van der Waals surface area (Å²) in [6.45, 7) is 0. The van der Waals surface area contributed by atoms with Crippen molar-refractivity contribution in [3.8, 4) is 22.3 Å². The first-order valence-electron chi connectivity index (χ1n) is 9.98. The Morgan fingerprint density at radius 3 is 2.14 bits per heavy atom. The SMILES string of the molecule is CN(C)c1ccccc1-c1cccc(-c2ccc3c(c2)c2ccccc2n3C)c1. The quantitative estimate of drug-likeness (QED) is 0.339. The molecule has 29 heavy (non-hydrogen) atoms. The standard InChI is InChI=1S/C27H24N2/c1-28(2)25-13-6-4-11-22(25)21-10-8-9-19(17-21)20-15-16-27-24(18-20)23-12-5-7-14-26(23)29(27)3/h4-18H,1-3H3. The number of para-hydroxylation sites is 2. The normalized spacial score (nSPS) is 11.3. The van der Waals surface area contributed by atoms with Crippen molar-refractivity contribution < 1.29 is 0 Å². The average Bonchev–Trinajstić information content (AvgIpc) is 3.06. The molecule has 0 radical (unpaired) electrons. The first-order valence-corrected chi connectivity index (χ1v) is 9.98. The van der Waals surface area contributed by atoms with Gasteiger partial charge in [0.05, 0.1) is 0 Å². The summed E-state index contributed by atoms with van der Waals surface area (Å²) in [5, 5.41) is 2.61. The van der Waals surface area contributed by atoms with Crippen molar-refractivity contribution >= 4 is 27.5 Å². The first-order chi connectivity index (χ1) is 14.1. The van der Waals surface area contributed by atoms with E-state index in [1.165, 1.54) is 49.7 Å². The number of benzene rings is 4. The molecule has 2 heteroatoms. The summed E-state index contributed by atoms with van der Waals surface area (Å²) in [6, 6.07) is 32.9. The molecule has 0 bridgehead atoms. The van der Waals surface area contributed by atoms with Gasteiger partial charge in [-0.3, -0.25) is 0 Å². The van der Waals surface area contributed by atoms with Crippen LogP contribution in [0.4, 0.5) is 5.69 Å². The fourth-order valence-electron chi connectivity index (χ4n) is 4.32. The van der Waals surface area contributed by atoms with Gasteiger partial charge < -0.3 is 9.47 Å². The molecule has 0 saturated heterocycles. The van der Waals surface area contributed by atoms with E-state index in [9.17, 15) is 0 Å². The summed E-state index contributed by atoms with van der Waals surface area (Å²) in [6.07, 6.45) is 0. The molecule has 5 rings (SSSR count). The fraction of sp³-hybridized carbons (Fsp3) is 0.111. The van der Waals surface area contributed by atoms with Gasteiger partial charge in [0.1, 0.15) is 0 Å². The zero-order valence-corrected chi connectivity index (χ0v) is 17.1. The lowest BCUT2D eigenvalue weighted by atomic mass is 9.97. The van der Waals surface area contributed by atoms with Crippen LogP contribution >= 0.6 is 0 Å². The number of nitrogens with zero attached hydrogens (tertiary/aromatic N) is 2. The number of hydrogen-bond acceptors (Lipinski definition) is 1. The topological polar surface area (TPSA) is 8.17 Å². The monoisotopic (exact) mass is 376 g/mol. The third kappa shape index (κ3) is 2.89. The van der Waals surface area contributed by atoms with Crippen LogP contribution in [-0.2, 0) is 7.05 Å². The molecule has 0 atom stereocenters. The minimum absolute atomic E-state index is 1.23. The van der Waals surface area contributed by atoms with Crippen LogP contribution < -0.4 is 4.90 Å². The van der Waals surface area contributed by atoms with Crippen molar-refractivity contribution in [2.75, 3.05) is 19.0 Å². The number of aryl methyl sites for hydroxylation is 1. The Morgan fingerprint density at radius 1 is 0.586 bits per heavy atom. The van der Waals surface area contributed by atoms with E-state index < -0.39 is 0 Å². The fourth-order valence-corrected chi connectivity index (χ4v) is 4.32. The number of rotatable bonds is 3. The largest absolute Gasteiger partial charge is 0.377 e. The van der Waals surface area contributed by atoms with Crippen molar-refractivity contribution in [1.29, 1.82) is 0 Å². The lowest BCUT2D eigenvalue weighted by Gasteiger charge is -2.18. The molecule has 0 aliphatic rings. The van der Waals surface area contributed by atoms with Crippen LogP contribution in [0.15, 0.2) is 91.0 Å². The van der Waals surface area contributed by atoms with Gasteiger partial charge in [0.15, 0.2) is 0 Å². The molecule has 0 fully saturated rings. The van der Waals surface area contributed by atoms with E-state index >= 15 is 0 Å². The molecule has 0 aliphatic heterocycles. The Labute approximate surface area is 171 Å². The zero-order valence-electron chi connectivity index (χ0n) is 17.1. The number of aromatic nitrogens is 1. The molecule has 5 aromatic rings. The summed E-state index contributed by atoms with van der Waals surface area (Å²) < 4.78 is 2.28. The van der Waals surface area contributed by atoms with Gasteiger partial charge in [-0.1, -0.05) is 60.7 Å². The Hall–Kier alpha value is -3.52. The Balaban J connectivity index is 1.67. The molecule has 0 N–H and O–H groups in total. The summed E-state index contributed by atoms with van der Waals surface area (Å²) >= 11 is 0.